The first kappa shape index (κ1) is 16.6. The molecule has 0 fully saturated rings. The Balaban J connectivity index is 5.30. The van der Waals surface area contributed by atoms with Gasteiger partial charge >= 0.3 is 0 Å². The first-order chi connectivity index (χ1) is 8.43. The van der Waals surface area contributed by atoms with Crippen molar-refractivity contribution >= 4 is 17.8 Å². The van der Waals surface area contributed by atoms with E-state index in [0.29, 0.717) is 17.2 Å². The lowest BCUT2D eigenvalue weighted by Crippen LogP contribution is -2.14. The molecule has 0 amide bonds. The van der Waals surface area contributed by atoms with E-state index in [0.717, 1.165) is 19.3 Å². The fraction of sp³-hybridized carbons (Fsp3) is 0.643. The van der Waals surface area contributed by atoms with E-state index in [9.17, 15) is 4.79 Å². The lowest BCUT2D eigenvalue weighted by molar-refractivity contribution is -0.118. The molecule has 18 heavy (non-hydrogen) atoms. The molecule has 0 radical (unpaired) electrons. The zero-order chi connectivity index (χ0) is 14.1. The molecule has 1 atom stereocenters. The summed E-state index contributed by atoms with van der Waals surface area (Å²) in [7, 11) is 0. The van der Waals surface area contributed by atoms with Crippen molar-refractivity contribution in [3.63, 3.8) is 0 Å². The molecule has 0 aliphatic carbocycles. The topological polar surface area (TPSA) is 67.8 Å². The fourth-order valence-electron chi connectivity index (χ4n) is 1.36. The predicted molar refractivity (Wildman–Crippen MR) is 77.9 cm³/mol. The molecule has 0 aromatic carbocycles. The zero-order valence-electron chi connectivity index (χ0n) is 12.2. The van der Waals surface area contributed by atoms with Gasteiger partial charge in [0.15, 0.2) is 5.78 Å². The number of Topliss-reactive ketones (excluding diaryl/α,β-unsaturated/α-hetero) is 1. The van der Waals surface area contributed by atoms with Crippen molar-refractivity contribution in [2.75, 3.05) is 0 Å². The number of hydrogen-bond donors (Lipinski definition) is 1. The van der Waals surface area contributed by atoms with Crippen LogP contribution in [-0.4, -0.2) is 17.8 Å². The highest BCUT2D eigenvalue weighted by Gasteiger charge is 2.17. The third-order valence-corrected chi connectivity index (χ3v) is 2.62. The van der Waals surface area contributed by atoms with Crippen LogP contribution in [0.25, 0.3) is 0 Å². The van der Waals surface area contributed by atoms with Gasteiger partial charge in [0.25, 0.3) is 0 Å². The van der Waals surface area contributed by atoms with Gasteiger partial charge in [-0.1, -0.05) is 27.2 Å². The molecule has 4 nitrogen and oxygen atoms in total. The Labute approximate surface area is 110 Å². The van der Waals surface area contributed by atoms with E-state index in [1.807, 2.05) is 13.8 Å². The maximum absolute atomic E-state index is 12.2. The van der Waals surface area contributed by atoms with Gasteiger partial charge in [0, 0.05) is 12.1 Å². The highest BCUT2D eigenvalue weighted by molar-refractivity contribution is 5.98. The van der Waals surface area contributed by atoms with Gasteiger partial charge in [0.05, 0.1) is 11.5 Å². The van der Waals surface area contributed by atoms with Crippen LogP contribution < -0.4 is 5.73 Å². The monoisotopic (exact) mass is 251 g/mol. The Morgan fingerprint density at radius 3 is 2.39 bits per heavy atom. The van der Waals surface area contributed by atoms with Crippen LogP contribution in [0.5, 0.6) is 0 Å². The number of carbonyl (C=O) groups is 1. The van der Waals surface area contributed by atoms with Crippen molar-refractivity contribution in [2.45, 2.75) is 53.9 Å². The van der Waals surface area contributed by atoms with Gasteiger partial charge in [-0.3, -0.25) is 9.79 Å². The second kappa shape index (κ2) is 8.61. The molecule has 0 rings (SSSR count). The minimum absolute atomic E-state index is 0.0346. The van der Waals surface area contributed by atoms with Crippen molar-refractivity contribution in [3.05, 3.63) is 11.4 Å². The third kappa shape index (κ3) is 5.75. The number of nitrogens with zero attached hydrogens (tertiary/aromatic N) is 2. The number of unbranched alkanes of at least 4 members (excludes halogenated alkanes) is 1. The third-order valence-electron chi connectivity index (χ3n) is 2.62. The van der Waals surface area contributed by atoms with E-state index in [1.165, 1.54) is 0 Å². The number of aliphatic imine (C=N–C) groups is 2. The number of ketones is 1. The summed E-state index contributed by atoms with van der Waals surface area (Å²) in [5.74, 6) is 0.432. The predicted octanol–water partition coefficient (Wildman–Crippen LogP) is 3.08. The molecule has 0 aliphatic rings. The largest absolute Gasteiger partial charge is 0.387 e. The van der Waals surface area contributed by atoms with Crippen LogP contribution in [0.3, 0.4) is 0 Å². The van der Waals surface area contributed by atoms with Crippen LogP contribution in [0.1, 0.15) is 53.9 Å². The number of rotatable bonds is 7. The van der Waals surface area contributed by atoms with E-state index in [-0.39, 0.29) is 11.7 Å². The average Bonchev–Trinajstić information content (AvgIpc) is 2.31. The fourth-order valence-corrected chi connectivity index (χ4v) is 1.36. The summed E-state index contributed by atoms with van der Waals surface area (Å²) < 4.78 is 0. The number of allylic oxidation sites excluding steroid dienone is 2. The number of carbonyl (C=O) groups excluding carboxylic acids is 1. The number of hydrogen-bond acceptors (Lipinski definition) is 3. The summed E-state index contributed by atoms with van der Waals surface area (Å²) in [6.45, 7) is 9.44. The molecule has 4 heteroatoms. The van der Waals surface area contributed by atoms with Crippen molar-refractivity contribution in [1.82, 2.24) is 0 Å². The van der Waals surface area contributed by atoms with Crippen LogP contribution in [0, 0.1) is 5.92 Å². The van der Waals surface area contributed by atoms with Crippen molar-refractivity contribution in [3.8, 4) is 0 Å². The Hall–Kier alpha value is -1.45. The van der Waals surface area contributed by atoms with Gasteiger partial charge in [-0.05, 0) is 26.7 Å². The summed E-state index contributed by atoms with van der Waals surface area (Å²) in [5, 5.41) is 0. The van der Waals surface area contributed by atoms with Gasteiger partial charge in [0.2, 0.25) is 0 Å². The molecule has 0 saturated carbocycles. The summed E-state index contributed by atoms with van der Waals surface area (Å²) >= 11 is 0. The number of amidine groups is 1. The molecule has 0 aromatic rings. The summed E-state index contributed by atoms with van der Waals surface area (Å²) in [5.41, 5.74) is 6.57. The lowest BCUT2D eigenvalue weighted by Gasteiger charge is -2.09. The molecule has 0 saturated heterocycles. The van der Waals surface area contributed by atoms with Crippen LogP contribution in [0.15, 0.2) is 21.4 Å². The minimum Gasteiger partial charge on any atom is -0.387 e. The molecule has 0 aromatic heterocycles. The first-order valence-corrected chi connectivity index (χ1v) is 6.52. The van der Waals surface area contributed by atoms with Crippen LogP contribution in [0.2, 0.25) is 0 Å². The van der Waals surface area contributed by atoms with E-state index < -0.39 is 0 Å². The maximum Gasteiger partial charge on any atom is 0.185 e. The molecule has 0 bridgehead atoms. The summed E-state index contributed by atoms with van der Waals surface area (Å²) in [6, 6.07) is 0. The van der Waals surface area contributed by atoms with E-state index in [4.69, 9.17) is 5.73 Å². The molecule has 0 aliphatic heterocycles. The standard InChI is InChI=1S/C14H25N3O/c1-6-8-9-16-13(11(4)17-12(5)15)14(18)10(3)7-2/h9-10H,6-8H2,1-5H3,(H2,15,17)/b13-11+,16-9?. The van der Waals surface area contributed by atoms with E-state index in [1.54, 1.807) is 20.1 Å². The molecule has 0 spiro atoms. The summed E-state index contributed by atoms with van der Waals surface area (Å²) in [4.78, 5) is 20.6. The first-order valence-electron chi connectivity index (χ1n) is 6.52. The lowest BCUT2D eigenvalue weighted by atomic mass is 10.0. The average molecular weight is 251 g/mol. The SMILES string of the molecule is CCCC=N/C(C(=O)C(C)CC)=C(\C)N=C(C)N. The van der Waals surface area contributed by atoms with Gasteiger partial charge in [-0.15, -0.1) is 0 Å². The quantitative estimate of drug-likeness (QED) is 0.429. The molecule has 102 valence electrons. The maximum atomic E-state index is 12.2. The Kier molecular flexibility index (Phi) is 7.92. The van der Waals surface area contributed by atoms with Crippen molar-refractivity contribution in [1.29, 1.82) is 0 Å². The molecular weight excluding hydrogens is 226 g/mol. The van der Waals surface area contributed by atoms with Crippen LogP contribution >= 0.6 is 0 Å². The Bertz CT molecular complexity index is 363. The van der Waals surface area contributed by atoms with E-state index >= 15 is 0 Å². The van der Waals surface area contributed by atoms with Crippen LogP contribution in [0.4, 0.5) is 0 Å². The van der Waals surface area contributed by atoms with Crippen LogP contribution in [-0.2, 0) is 4.79 Å². The highest BCUT2D eigenvalue weighted by atomic mass is 16.1. The molecular formula is C14H25N3O. The minimum atomic E-state index is -0.0398. The number of nitrogens with two attached hydrogens (primary N) is 1. The Morgan fingerprint density at radius 1 is 1.33 bits per heavy atom. The highest BCUT2D eigenvalue weighted by Crippen LogP contribution is 2.16. The van der Waals surface area contributed by atoms with Gasteiger partial charge in [-0.25, -0.2) is 4.99 Å². The zero-order valence-corrected chi connectivity index (χ0v) is 12.2. The van der Waals surface area contributed by atoms with Gasteiger partial charge in [-0.2, -0.15) is 0 Å². The second-order valence-corrected chi connectivity index (χ2v) is 4.46. The summed E-state index contributed by atoms with van der Waals surface area (Å²) in [6.07, 6.45) is 4.44. The van der Waals surface area contributed by atoms with Gasteiger partial charge in [0.1, 0.15) is 5.70 Å². The normalized spacial score (nSPS) is 15.7. The van der Waals surface area contributed by atoms with Crippen molar-refractivity contribution < 1.29 is 4.79 Å². The van der Waals surface area contributed by atoms with Gasteiger partial charge < -0.3 is 5.73 Å². The van der Waals surface area contributed by atoms with Crippen molar-refractivity contribution in [2.24, 2.45) is 21.6 Å². The smallest absolute Gasteiger partial charge is 0.185 e. The van der Waals surface area contributed by atoms with E-state index in [2.05, 4.69) is 16.9 Å². The molecule has 1 unspecified atom stereocenters. The molecule has 2 N–H and O–H groups in total. The Morgan fingerprint density at radius 2 is 1.94 bits per heavy atom. The second-order valence-electron chi connectivity index (χ2n) is 4.46. The molecule has 0 heterocycles.